The average Bonchev–Trinajstić information content (AvgIpc) is 2.83. The van der Waals surface area contributed by atoms with E-state index in [2.05, 4.69) is 5.32 Å². The molecule has 23 heavy (non-hydrogen) atoms. The zero-order valence-corrected chi connectivity index (χ0v) is 14.6. The molecule has 1 fully saturated rings. The first-order valence-electron chi connectivity index (χ1n) is 8.08. The molecule has 2 N–H and O–H groups in total. The summed E-state index contributed by atoms with van der Waals surface area (Å²) in [5.41, 5.74) is -2.20. The smallest absolute Gasteiger partial charge is 0.408 e. The van der Waals surface area contributed by atoms with Crippen LogP contribution in [0.15, 0.2) is 0 Å². The van der Waals surface area contributed by atoms with Gasteiger partial charge in [-0.1, -0.05) is 13.8 Å². The molecule has 2 amide bonds. The number of carbonyl (C=O) groups is 3. The number of nitrogens with zero attached hydrogens (tertiary/aromatic N) is 1. The van der Waals surface area contributed by atoms with E-state index in [9.17, 15) is 19.5 Å². The van der Waals surface area contributed by atoms with Crippen LogP contribution < -0.4 is 5.32 Å². The Balaban J connectivity index is 2.83. The number of carboxylic acid groups (broad SMARTS) is 1. The Kier molecular flexibility index (Phi) is 6.02. The highest BCUT2D eigenvalue weighted by Crippen LogP contribution is 2.25. The Morgan fingerprint density at radius 3 is 2.26 bits per heavy atom. The fourth-order valence-electron chi connectivity index (χ4n) is 2.72. The van der Waals surface area contributed by atoms with Crippen molar-refractivity contribution >= 4 is 18.0 Å². The first-order valence-corrected chi connectivity index (χ1v) is 8.08. The summed E-state index contributed by atoms with van der Waals surface area (Å²) in [6, 6.07) is 0. The number of likely N-dealkylation sites (tertiary alicyclic amines) is 1. The highest BCUT2D eigenvalue weighted by atomic mass is 16.6. The van der Waals surface area contributed by atoms with Crippen LogP contribution in [-0.2, 0) is 14.3 Å². The lowest BCUT2D eigenvalue weighted by molar-refractivity contribution is -0.144. The van der Waals surface area contributed by atoms with Crippen LogP contribution in [0.1, 0.15) is 53.9 Å². The van der Waals surface area contributed by atoms with Gasteiger partial charge in [0.2, 0.25) is 5.91 Å². The lowest BCUT2D eigenvalue weighted by atomic mass is 9.99. The monoisotopic (exact) mass is 328 g/mol. The number of hydrogen-bond donors (Lipinski definition) is 2. The van der Waals surface area contributed by atoms with Crippen LogP contribution in [0.3, 0.4) is 0 Å². The zero-order chi connectivity index (χ0) is 17.8. The molecular weight excluding hydrogens is 300 g/mol. The van der Waals surface area contributed by atoms with Gasteiger partial charge in [-0.3, -0.25) is 4.79 Å². The fraction of sp³-hybridized carbons (Fsp3) is 0.812. The van der Waals surface area contributed by atoms with Crippen LogP contribution in [-0.4, -0.2) is 52.2 Å². The van der Waals surface area contributed by atoms with E-state index in [0.717, 1.165) is 0 Å². The summed E-state index contributed by atoms with van der Waals surface area (Å²) in [6.07, 6.45) is 0.821. The van der Waals surface area contributed by atoms with Gasteiger partial charge >= 0.3 is 12.1 Å². The molecule has 0 aromatic rings. The van der Waals surface area contributed by atoms with E-state index in [1.165, 1.54) is 4.90 Å². The Bertz CT molecular complexity index is 468. The molecule has 1 saturated heterocycles. The molecule has 0 aromatic carbocycles. The molecule has 7 heteroatoms. The van der Waals surface area contributed by atoms with E-state index >= 15 is 0 Å². The van der Waals surface area contributed by atoms with Gasteiger partial charge in [0.15, 0.2) is 5.54 Å². The Hall–Kier alpha value is -1.79. The molecule has 0 spiro atoms. The quantitative estimate of drug-likeness (QED) is 0.805. The molecule has 0 saturated carbocycles. The molecule has 0 bridgehead atoms. The number of aliphatic carboxylic acids is 1. The van der Waals surface area contributed by atoms with E-state index in [1.54, 1.807) is 20.8 Å². The summed E-state index contributed by atoms with van der Waals surface area (Å²) in [7, 11) is 0. The predicted molar refractivity (Wildman–Crippen MR) is 85.0 cm³/mol. The molecule has 1 heterocycles. The molecule has 1 aliphatic rings. The third-order valence-electron chi connectivity index (χ3n) is 4.07. The highest BCUT2D eigenvalue weighted by molar-refractivity contribution is 5.87. The first-order chi connectivity index (χ1) is 10.5. The molecule has 1 rings (SSSR count). The minimum atomic E-state index is -1.48. The van der Waals surface area contributed by atoms with Crippen LogP contribution in [0.25, 0.3) is 0 Å². The Morgan fingerprint density at radius 1 is 1.26 bits per heavy atom. The SMILES string of the molecule is CCC(CC)C(=O)N1CCC(NC(=O)OC(C)(C)C)(C(=O)O)C1. The van der Waals surface area contributed by atoms with E-state index in [4.69, 9.17) is 4.74 Å². The van der Waals surface area contributed by atoms with Crippen molar-refractivity contribution in [2.24, 2.45) is 5.92 Å². The van der Waals surface area contributed by atoms with Gasteiger partial charge in [0.1, 0.15) is 5.60 Å². The minimum Gasteiger partial charge on any atom is -0.479 e. The van der Waals surface area contributed by atoms with Crippen molar-refractivity contribution < 1.29 is 24.2 Å². The third-order valence-corrected chi connectivity index (χ3v) is 4.07. The molecule has 7 nitrogen and oxygen atoms in total. The van der Waals surface area contributed by atoms with Crippen LogP contribution in [0, 0.1) is 5.92 Å². The van der Waals surface area contributed by atoms with Crippen molar-refractivity contribution in [3.63, 3.8) is 0 Å². The van der Waals surface area contributed by atoms with Gasteiger partial charge in [-0.15, -0.1) is 0 Å². The maximum atomic E-state index is 12.4. The number of carboxylic acids is 1. The van der Waals surface area contributed by atoms with Crippen LogP contribution in [0.5, 0.6) is 0 Å². The second kappa shape index (κ2) is 7.19. The number of rotatable bonds is 5. The average molecular weight is 328 g/mol. The molecule has 132 valence electrons. The largest absolute Gasteiger partial charge is 0.479 e. The summed E-state index contributed by atoms with van der Waals surface area (Å²) < 4.78 is 5.14. The van der Waals surface area contributed by atoms with Gasteiger partial charge < -0.3 is 20.1 Å². The normalized spacial score (nSPS) is 21.4. The van der Waals surface area contributed by atoms with Gasteiger partial charge in [0.05, 0.1) is 6.54 Å². The van der Waals surface area contributed by atoms with E-state index in [1.807, 2.05) is 13.8 Å². The predicted octanol–water partition coefficient (Wildman–Crippen LogP) is 2.00. The summed E-state index contributed by atoms with van der Waals surface area (Å²) in [6.45, 7) is 9.28. The summed E-state index contributed by atoms with van der Waals surface area (Å²) in [5.74, 6) is -1.31. The van der Waals surface area contributed by atoms with Crippen molar-refractivity contribution in [2.75, 3.05) is 13.1 Å². The lowest BCUT2D eigenvalue weighted by Crippen LogP contribution is -2.57. The molecule has 0 aromatic heterocycles. The van der Waals surface area contributed by atoms with Crippen molar-refractivity contribution in [1.82, 2.24) is 10.2 Å². The Labute approximate surface area is 137 Å². The zero-order valence-electron chi connectivity index (χ0n) is 14.6. The van der Waals surface area contributed by atoms with Gasteiger partial charge in [-0.2, -0.15) is 0 Å². The summed E-state index contributed by atoms with van der Waals surface area (Å²) in [4.78, 5) is 37.6. The molecule has 0 aliphatic carbocycles. The van der Waals surface area contributed by atoms with Crippen LogP contribution >= 0.6 is 0 Å². The summed E-state index contributed by atoms with van der Waals surface area (Å²) in [5, 5.41) is 12.0. The molecule has 1 unspecified atom stereocenters. The minimum absolute atomic E-state index is 0.0308. The maximum absolute atomic E-state index is 12.4. The van der Waals surface area contributed by atoms with Crippen molar-refractivity contribution in [2.45, 2.75) is 65.0 Å². The van der Waals surface area contributed by atoms with Gasteiger partial charge in [0.25, 0.3) is 0 Å². The third kappa shape index (κ3) is 4.84. The number of nitrogens with one attached hydrogen (secondary N) is 1. The van der Waals surface area contributed by atoms with Crippen molar-refractivity contribution in [3.8, 4) is 0 Å². The number of amides is 2. The fourth-order valence-corrected chi connectivity index (χ4v) is 2.72. The first kappa shape index (κ1) is 19.3. The Morgan fingerprint density at radius 2 is 1.83 bits per heavy atom. The second-order valence-electron chi connectivity index (χ2n) is 7.04. The standard InChI is InChI=1S/C16H28N2O5/c1-6-11(7-2)12(19)18-9-8-16(10-18,13(20)21)17-14(22)23-15(3,4)5/h11H,6-10H2,1-5H3,(H,17,22)(H,20,21). The van der Waals surface area contributed by atoms with Crippen molar-refractivity contribution in [1.29, 1.82) is 0 Å². The van der Waals surface area contributed by atoms with Crippen LogP contribution in [0.4, 0.5) is 4.79 Å². The van der Waals surface area contributed by atoms with E-state index in [0.29, 0.717) is 19.4 Å². The number of ether oxygens (including phenoxy) is 1. The molecular formula is C16H28N2O5. The lowest BCUT2D eigenvalue weighted by Gasteiger charge is -2.29. The molecule has 1 atom stereocenters. The van der Waals surface area contributed by atoms with Crippen molar-refractivity contribution in [3.05, 3.63) is 0 Å². The second-order valence-corrected chi connectivity index (χ2v) is 7.04. The highest BCUT2D eigenvalue weighted by Gasteiger charge is 2.48. The van der Waals surface area contributed by atoms with Gasteiger partial charge in [-0.05, 0) is 33.6 Å². The van der Waals surface area contributed by atoms with Gasteiger partial charge in [0, 0.05) is 18.9 Å². The van der Waals surface area contributed by atoms with Gasteiger partial charge in [-0.25, -0.2) is 9.59 Å². The molecule has 1 aliphatic heterocycles. The maximum Gasteiger partial charge on any atom is 0.408 e. The van der Waals surface area contributed by atoms with Crippen LogP contribution in [0.2, 0.25) is 0 Å². The van der Waals surface area contributed by atoms with E-state index in [-0.39, 0.29) is 24.8 Å². The number of alkyl carbamates (subject to hydrolysis) is 1. The topological polar surface area (TPSA) is 95.9 Å². The molecule has 0 radical (unpaired) electrons. The summed E-state index contributed by atoms with van der Waals surface area (Å²) >= 11 is 0. The van der Waals surface area contributed by atoms with E-state index < -0.39 is 23.2 Å². The number of hydrogen-bond acceptors (Lipinski definition) is 4. The number of carbonyl (C=O) groups excluding carboxylic acids is 2.